The number of hydrogen-bond donors (Lipinski definition) is 0. The summed E-state index contributed by atoms with van der Waals surface area (Å²) in [7, 11) is 1.31. The van der Waals surface area contributed by atoms with Crippen LogP contribution in [-0.2, 0) is 25.8 Å². The molecule has 4 rings (SSSR count). The standard InChI is InChI=1S/C16H16Cl3NO3S/c17-10-7-12-11(13(18)8-10)3-6-16-5-2-1-4-15(12,16)9-14(23-16)20-24(19,21)22/h7-8H,1-6,9H2/b20-14-. The van der Waals surface area contributed by atoms with Gasteiger partial charge in [-0.15, -0.1) is 4.40 Å². The van der Waals surface area contributed by atoms with E-state index in [9.17, 15) is 8.42 Å². The van der Waals surface area contributed by atoms with Gasteiger partial charge in [0.25, 0.3) is 0 Å². The number of rotatable bonds is 1. The highest BCUT2D eigenvalue weighted by atomic mass is 35.7. The smallest absolute Gasteiger partial charge is 0.342 e. The average Bonchev–Trinajstić information content (AvgIpc) is 2.79. The summed E-state index contributed by atoms with van der Waals surface area (Å²) in [6.45, 7) is 0. The molecule has 8 heteroatoms. The molecule has 2 atom stereocenters. The zero-order valence-electron chi connectivity index (χ0n) is 12.8. The average molecular weight is 409 g/mol. The first-order valence-corrected chi connectivity index (χ1v) is 11.0. The van der Waals surface area contributed by atoms with Crippen molar-refractivity contribution < 1.29 is 13.2 Å². The Hall–Kier alpha value is -0.490. The summed E-state index contributed by atoms with van der Waals surface area (Å²) >= 11 is 12.7. The van der Waals surface area contributed by atoms with E-state index >= 15 is 0 Å². The van der Waals surface area contributed by atoms with Crippen LogP contribution in [0, 0.1) is 0 Å². The molecule has 0 amide bonds. The Morgan fingerprint density at radius 3 is 2.62 bits per heavy atom. The highest BCUT2D eigenvalue weighted by Gasteiger charge is 2.63. The molecule has 1 saturated carbocycles. The van der Waals surface area contributed by atoms with Gasteiger partial charge in [0.05, 0.1) is 0 Å². The van der Waals surface area contributed by atoms with Gasteiger partial charge in [0.2, 0.25) is 5.90 Å². The zero-order chi connectivity index (χ0) is 17.2. The molecule has 24 heavy (non-hydrogen) atoms. The summed E-state index contributed by atoms with van der Waals surface area (Å²) in [5.41, 5.74) is 1.42. The minimum Gasteiger partial charge on any atom is -0.473 e. The monoisotopic (exact) mass is 407 g/mol. The molecule has 1 aromatic carbocycles. The first-order chi connectivity index (χ1) is 11.2. The first-order valence-electron chi connectivity index (χ1n) is 7.96. The maximum atomic E-state index is 11.4. The van der Waals surface area contributed by atoms with Crippen molar-refractivity contribution in [1.29, 1.82) is 0 Å². The third-order valence-corrected chi connectivity index (χ3v) is 6.92. The van der Waals surface area contributed by atoms with E-state index in [1.165, 1.54) is 0 Å². The van der Waals surface area contributed by atoms with E-state index in [0.717, 1.165) is 49.7 Å². The van der Waals surface area contributed by atoms with Crippen molar-refractivity contribution in [3.05, 3.63) is 33.3 Å². The van der Waals surface area contributed by atoms with Crippen molar-refractivity contribution in [2.45, 2.75) is 56.0 Å². The van der Waals surface area contributed by atoms with E-state index in [4.69, 9.17) is 38.6 Å². The molecule has 130 valence electrons. The Kier molecular flexibility index (Phi) is 3.89. The zero-order valence-corrected chi connectivity index (χ0v) is 15.9. The van der Waals surface area contributed by atoms with Crippen LogP contribution in [0.1, 0.15) is 49.7 Å². The SMILES string of the molecule is O=S(=O)(Cl)/N=C1/CC23CCCCC2(CCc2c(Cl)cc(Cl)cc23)O1. The third kappa shape index (κ3) is 2.47. The molecule has 3 aliphatic rings. The van der Waals surface area contributed by atoms with E-state index in [1.807, 2.05) is 6.07 Å². The molecule has 2 aliphatic carbocycles. The number of nitrogens with zero attached hydrogens (tertiary/aromatic N) is 1. The summed E-state index contributed by atoms with van der Waals surface area (Å²) < 4.78 is 32.6. The lowest BCUT2D eigenvalue weighted by molar-refractivity contribution is -0.0324. The molecular formula is C16H16Cl3NO3S. The van der Waals surface area contributed by atoms with Crippen LogP contribution in [0.5, 0.6) is 0 Å². The summed E-state index contributed by atoms with van der Waals surface area (Å²) in [4.78, 5) is 0. The van der Waals surface area contributed by atoms with Crippen LogP contribution in [0.25, 0.3) is 0 Å². The maximum Gasteiger partial charge on any atom is 0.342 e. The van der Waals surface area contributed by atoms with Gasteiger partial charge in [-0.1, -0.05) is 29.6 Å². The van der Waals surface area contributed by atoms with Crippen molar-refractivity contribution in [2.75, 3.05) is 0 Å². The predicted molar refractivity (Wildman–Crippen MR) is 95.6 cm³/mol. The molecule has 0 spiro atoms. The largest absolute Gasteiger partial charge is 0.473 e. The van der Waals surface area contributed by atoms with E-state index in [2.05, 4.69) is 4.40 Å². The summed E-state index contributed by atoms with van der Waals surface area (Å²) in [5, 5.41) is 1.26. The van der Waals surface area contributed by atoms with Gasteiger partial charge in [0.1, 0.15) is 5.60 Å². The Balaban J connectivity index is 1.93. The Morgan fingerprint density at radius 1 is 1.12 bits per heavy atom. The second-order valence-electron chi connectivity index (χ2n) is 6.87. The van der Waals surface area contributed by atoms with E-state index < -0.39 is 14.8 Å². The van der Waals surface area contributed by atoms with Gasteiger partial charge in [-0.05, 0) is 55.4 Å². The quantitative estimate of drug-likeness (QED) is 0.628. The highest BCUT2D eigenvalue weighted by molar-refractivity contribution is 8.12. The van der Waals surface area contributed by atoms with Crippen molar-refractivity contribution in [2.24, 2.45) is 4.40 Å². The minimum atomic E-state index is -4.01. The van der Waals surface area contributed by atoms with Gasteiger partial charge in [0.15, 0.2) is 0 Å². The maximum absolute atomic E-state index is 11.4. The van der Waals surface area contributed by atoms with Gasteiger partial charge in [-0.2, -0.15) is 8.42 Å². The molecule has 4 nitrogen and oxygen atoms in total. The lowest BCUT2D eigenvalue weighted by Gasteiger charge is -2.51. The predicted octanol–water partition coefficient (Wildman–Crippen LogP) is 4.79. The van der Waals surface area contributed by atoms with Gasteiger partial charge >= 0.3 is 9.24 Å². The molecule has 1 aromatic rings. The fourth-order valence-corrected chi connectivity index (χ4v) is 6.06. The molecule has 0 N–H and O–H groups in total. The first kappa shape index (κ1) is 17.0. The number of ether oxygens (including phenoxy) is 1. The molecule has 2 fully saturated rings. The molecular weight excluding hydrogens is 393 g/mol. The molecule has 0 bridgehead atoms. The minimum absolute atomic E-state index is 0.204. The normalized spacial score (nSPS) is 33.5. The Labute approximate surface area is 155 Å². The van der Waals surface area contributed by atoms with Crippen LogP contribution in [-0.4, -0.2) is 19.9 Å². The topological polar surface area (TPSA) is 55.7 Å². The van der Waals surface area contributed by atoms with Crippen molar-refractivity contribution in [3.63, 3.8) is 0 Å². The summed E-state index contributed by atoms with van der Waals surface area (Å²) in [6.07, 6.45) is 5.87. The van der Waals surface area contributed by atoms with Crippen LogP contribution in [0.4, 0.5) is 0 Å². The Bertz CT molecular complexity index is 854. The Morgan fingerprint density at radius 2 is 1.88 bits per heavy atom. The molecule has 1 saturated heterocycles. The number of fused-ring (bicyclic) bond motifs is 1. The van der Waals surface area contributed by atoms with Crippen molar-refractivity contribution in [3.8, 4) is 0 Å². The third-order valence-electron chi connectivity index (χ3n) is 5.74. The molecule has 2 unspecified atom stereocenters. The molecule has 0 aromatic heterocycles. The highest BCUT2D eigenvalue weighted by Crippen LogP contribution is 2.61. The van der Waals surface area contributed by atoms with Crippen LogP contribution < -0.4 is 0 Å². The molecule has 1 heterocycles. The van der Waals surface area contributed by atoms with Crippen LogP contribution in [0.15, 0.2) is 16.5 Å². The lowest BCUT2D eigenvalue weighted by atomic mass is 9.54. The molecule has 0 radical (unpaired) electrons. The fraction of sp³-hybridized carbons (Fsp3) is 0.562. The van der Waals surface area contributed by atoms with E-state index in [-0.39, 0.29) is 11.3 Å². The number of halogens is 3. The number of hydrogen-bond acceptors (Lipinski definition) is 3. The second kappa shape index (κ2) is 5.50. The molecule has 1 aliphatic heterocycles. The van der Waals surface area contributed by atoms with E-state index in [1.54, 1.807) is 6.07 Å². The van der Waals surface area contributed by atoms with Crippen LogP contribution >= 0.6 is 33.9 Å². The summed E-state index contributed by atoms with van der Waals surface area (Å²) in [5.74, 6) is 0.204. The summed E-state index contributed by atoms with van der Waals surface area (Å²) in [6, 6.07) is 3.73. The fourth-order valence-electron chi connectivity index (χ4n) is 4.90. The van der Waals surface area contributed by atoms with Crippen molar-refractivity contribution >= 4 is 49.0 Å². The van der Waals surface area contributed by atoms with Crippen LogP contribution in [0.2, 0.25) is 10.0 Å². The van der Waals surface area contributed by atoms with E-state index in [0.29, 0.717) is 16.5 Å². The van der Waals surface area contributed by atoms with Gasteiger partial charge < -0.3 is 4.74 Å². The van der Waals surface area contributed by atoms with Gasteiger partial charge in [-0.3, -0.25) is 0 Å². The van der Waals surface area contributed by atoms with Crippen molar-refractivity contribution in [1.82, 2.24) is 0 Å². The second-order valence-corrected chi connectivity index (χ2v) is 9.89. The number of benzene rings is 1. The van der Waals surface area contributed by atoms with Gasteiger partial charge in [0, 0.05) is 32.6 Å². The van der Waals surface area contributed by atoms with Crippen LogP contribution in [0.3, 0.4) is 0 Å². The van der Waals surface area contributed by atoms with Gasteiger partial charge in [-0.25, -0.2) is 0 Å². The lowest BCUT2D eigenvalue weighted by Crippen LogP contribution is -2.53.